The van der Waals surface area contributed by atoms with E-state index in [0.717, 1.165) is 5.69 Å². The predicted molar refractivity (Wildman–Crippen MR) is 526 cm³/mol. The monoisotopic (exact) mass is 1570 g/mol. The molecule has 0 spiro atoms. The van der Waals surface area contributed by atoms with Gasteiger partial charge in [0.05, 0.1) is 49.8 Å². The maximum Gasteiger partial charge on any atom is 0.0541 e. The summed E-state index contributed by atoms with van der Waals surface area (Å²) in [6.45, 7) is 0. The zero-order chi connectivity index (χ0) is 80.9. The largest absolute Gasteiger partial charge is 0.309 e. The van der Waals surface area contributed by atoms with Gasteiger partial charge in [-0.3, -0.25) is 0 Å². The Morgan fingerprint density at radius 1 is 0.121 bits per heavy atom. The molecule has 4 aromatic heterocycles. The zero-order valence-electron chi connectivity index (χ0n) is 67.4. The van der Waals surface area contributed by atoms with Gasteiger partial charge < -0.3 is 18.3 Å². The van der Waals surface area contributed by atoms with E-state index < -0.39 is 0 Å². The van der Waals surface area contributed by atoms with Crippen molar-refractivity contribution in [2.24, 2.45) is 0 Å². The van der Waals surface area contributed by atoms with Gasteiger partial charge in [-0.2, -0.15) is 0 Å². The van der Waals surface area contributed by atoms with Crippen LogP contribution in [0.5, 0.6) is 0 Å². The number of para-hydroxylation sites is 6. The maximum absolute atomic E-state index is 2.47. The van der Waals surface area contributed by atoms with E-state index in [2.05, 4.69) is 455 Å². The highest BCUT2D eigenvalue weighted by atomic mass is 15.0. The van der Waals surface area contributed by atoms with Crippen molar-refractivity contribution in [3.05, 3.63) is 437 Å². The molecule has 2 aliphatic rings. The first-order valence-electron chi connectivity index (χ1n) is 43.0. The molecule has 0 saturated heterocycles. The molecule has 0 aliphatic heterocycles. The van der Waals surface area contributed by atoms with E-state index >= 15 is 0 Å². The molecule has 4 nitrogen and oxygen atoms in total. The molecular formula is C120H72N4. The fourth-order valence-electron chi connectivity index (χ4n) is 21.7. The summed E-state index contributed by atoms with van der Waals surface area (Å²) in [5, 5.41) is 25.6. The summed E-state index contributed by atoms with van der Waals surface area (Å²) < 4.78 is 9.67. The van der Waals surface area contributed by atoms with E-state index in [4.69, 9.17) is 0 Å². The van der Waals surface area contributed by atoms with Gasteiger partial charge in [0.1, 0.15) is 0 Å². The molecule has 28 rings (SSSR count). The number of hydrogen-bond donors (Lipinski definition) is 0. The average Bonchev–Trinajstić information content (AvgIpc) is 1.46. The van der Waals surface area contributed by atoms with Crippen molar-refractivity contribution in [3.63, 3.8) is 0 Å². The summed E-state index contributed by atoms with van der Waals surface area (Å²) in [5.41, 5.74) is 34.8. The third kappa shape index (κ3) is 10.1. The van der Waals surface area contributed by atoms with Gasteiger partial charge in [0.15, 0.2) is 0 Å². The number of hydrogen-bond acceptors (Lipinski definition) is 0. The molecule has 0 N–H and O–H groups in total. The van der Waals surface area contributed by atoms with Crippen molar-refractivity contribution >= 4 is 152 Å². The van der Waals surface area contributed by atoms with Gasteiger partial charge in [-0.15, -0.1) is 0 Å². The smallest absolute Gasteiger partial charge is 0.0541 e. The Balaban J connectivity index is 0.000000130. The van der Waals surface area contributed by atoms with Crippen molar-refractivity contribution in [1.82, 2.24) is 18.3 Å². The number of nitrogens with zero attached hydrogens (tertiary/aromatic N) is 4. The first-order chi connectivity index (χ1) is 61.5. The number of rotatable bonds is 8. The van der Waals surface area contributed by atoms with Crippen LogP contribution < -0.4 is 0 Å². The highest BCUT2D eigenvalue weighted by Gasteiger charge is 2.28. The lowest BCUT2D eigenvalue weighted by Crippen LogP contribution is -1.96. The molecule has 22 aromatic carbocycles. The number of fused-ring (bicyclic) bond motifs is 24. The highest BCUT2D eigenvalue weighted by molar-refractivity contribution is 6.26. The number of aromatic nitrogens is 4. The molecule has 0 unspecified atom stereocenters. The average molecular weight is 1570 g/mol. The standard InChI is InChI=1S/2C60H36N2/c1-2-12-44(13-3-1)61-56-19-8-6-15-48(56)53-34-41(25-29-58(53)61)42-26-30-59-54(35-42)49-16-7-9-20-57(49)62(59)45-27-23-38-31-37(21-22-39(38)32-45)40-24-28-47-51-18-10-17-50-46-14-5-4-11-43(46)36-55(60(50)51)52(47)33-40;1-2-14-41(15-3-1)61-55-23-10-8-19-47(55)52-33-37(26-30-58(52)61)38-27-31-59-53(34-38)48-20-9-11-24-56(48)62(59)57-32-29-43(44-17-6-7-18-46(44)57)40-25-28-45-50-22-12-21-49-42-16-5-4-13-39(42)36-54(60(49)50)51(45)35-40/h2*1-36H. The Kier molecular flexibility index (Phi) is 14.7. The van der Waals surface area contributed by atoms with Gasteiger partial charge in [-0.05, 0) is 294 Å². The van der Waals surface area contributed by atoms with Gasteiger partial charge in [-0.1, -0.05) is 291 Å². The lowest BCUT2D eigenvalue weighted by atomic mass is 9.93. The van der Waals surface area contributed by atoms with Crippen molar-refractivity contribution in [3.8, 4) is 112 Å². The normalized spacial score (nSPS) is 12.2. The Bertz CT molecular complexity index is 9120. The van der Waals surface area contributed by atoms with E-state index in [1.807, 2.05) is 0 Å². The number of benzene rings is 22. The van der Waals surface area contributed by atoms with Crippen molar-refractivity contribution in [2.75, 3.05) is 0 Å². The molecule has 572 valence electrons. The second-order valence-corrected chi connectivity index (χ2v) is 33.7. The van der Waals surface area contributed by atoms with Crippen LogP contribution in [0.2, 0.25) is 0 Å². The SMILES string of the molecule is c1ccc(-n2c3ccccc3c3cc(-c4ccc5c(c4)c4ccccc4n5-c4ccc(-c5ccc6c(c5)-c5cc7ccccc7c7cccc-6c57)c5ccccc45)ccc32)cc1.c1ccc(-n2c3ccccc3c3cc(-c4ccc5c(c4)c4ccccc4n5-c4ccc5cc(-c6ccc7c(c6)-c6cc8ccccc8c8cccc-7c68)ccc5c4)ccc32)cc1. The summed E-state index contributed by atoms with van der Waals surface area (Å²) in [6.07, 6.45) is 0. The van der Waals surface area contributed by atoms with Crippen LogP contribution in [0.15, 0.2) is 437 Å². The molecule has 0 saturated carbocycles. The molecule has 0 amide bonds. The van der Waals surface area contributed by atoms with Crippen LogP contribution >= 0.6 is 0 Å². The van der Waals surface area contributed by atoms with Crippen molar-refractivity contribution < 1.29 is 0 Å². The van der Waals surface area contributed by atoms with Crippen LogP contribution in [0, 0.1) is 0 Å². The summed E-state index contributed by atoms with van der Waals surface area (Å²) in [4.78, 5) is 0. The summed E-state index contributed by atoms with van der Waals surface area (Å²) in [5.74, 6) is 0. The Labute approximate surface area is 713 Å². The zero-order valence-corrected chi connectivity index (χ0v) is 67.4. The van der Waals surface area contributed by atoms with Gasteiger partial charge in [0, 0.05) is 65.5 Å². The first kappa shape index (κ1) is 68.5. The molecule has 0 radical (unpaired) electrons. The van der Waals surface area contributed by atoms with E-state index in [0.29, 0.717) is 0 Å². The van der Waals surface area contributed by atoms with Crippen molar-refractivity contribution in [2.45, 2.75) is 0 Å². The minimum Gasteiger partial charge on any atom is -0.309 e. The minimum atomic E-state index is 1.16. The maximum atomic E-state index is 2.47. The summed E-state index contributed by atoms with van der Waals surface area (Å²) >= 11 is 0. The highest BCUT2D eigenvalue weighted by Crippen LogP contribution is 2.54. The van der Waals surface area contributed by atoms with E-state index in [9.17, 15) is 0 Å². The van der Waals surface area contributed by atoms with Gasteiger partial charge in [0.2, 0.25) is 0 Å². The molecule has 4 heterocycles. The lowest BCUT2D eigenvalue weighted by molar-refractivity contribution is 1.18. The van der Waals surface area contributed by atoms with Crippen LogP contribution in [-0.2, 0) is 0 Å². The van der Waals surface area contributed by atoms with Crippen molar-refractivity contribution in [1.29, 1.82) is 0 Å². The topological polar surface area (TPSA) is 19.7 Å². The predicted octanol–water partition coefficient (Wildman–Crippen LogP) is 32.6. The van der Waals surface area contributed by atoms with E-state index in [1.54, 1.807) is 0 Å². The molecule has 0 bridgehead atoms. The summed E-state index contributed by atoms with van der Waals surface area (Å²) in [7, 11) is 0. The van der Waals surface area contributed by atoms with Gasteiger partial charge in [0.25, 0.3) is 0 Å². The van der Waals surface area contributed by atoms with Crippen LogP contribution in [0.3, 0.4) is 0 Å². The molecule has 2 aliphatic carbocycles. The fraction of sp³-hybridized carbons (Fsp3) is 0. The molecule has 124 heavy (non-hydrogen) atoms. The molecule has 0 atom stereocenters. The quantitative estimate of drug-likeness (QED) is 0.135. The molecule has 26 aromatic rings. The molecule has 4 heteroatoms. The Morgan fingerprint density at radius 3 is 0.944 bits per heavy atom. The Morgan fingerprint density at radius 2 is 0.452 bits per heavy atom. The van der Waals surface area contributed by atoms with Gasteiger partial charge in [-0.25, -0.2) is 0 Å². The first-order valence-corrected chi connectivity index (χ1v) is 43.0. The van der Waals surface area contributed by atoms with Crippen LogP contribution in [0.4, 0.5) is 0 Å². The fourth-order valence-corrected chi connectivity index (χ4v) is 21.7. The second kappa shape index (κ2) is 26.5. The molecule has 0 fully saturated rings. The Hall–Kier alpha value is -16.4. The second-order valence-electron chi connectivity index (χ2n) is 33.7. The minimum absolute atomic E-state index is 1.16. The lowest BCUT2D eigenvalue weighted by Gasteiger charge is -2.16. The van der Waals surface area contributed by atoms with E-state index in [-0.39, 0.29) is 0 Å². The summed E-state index contributed by atoms with van der Waals surface area (Å²) in [6, 6.07) is 162. The van der Waals surface area contributed by atoms with Crippen LogP contribution in [0.25, 0.3) is 264 Å². The third-order valence-electron chi connectivity index (χ3n) is 27.2. The molecular weight excluding hydrogens is 1500 g/mol. The van der Waals surface area contributed by atoms with Gasteiger partial charge >= 0.3 is 0 Å². The van der Waals surface area contributed by atoms with Crippen LogP contribution in [0.1, 0.15) is 0 Å². The van der Waals surface area contributed by atoms with Crippen LogP contribution in [-0.4, -0.2) is 18.3 Å². The third-order valence-corrected chi connectivity index (χ3v) is 27.2. The van der Waals surface area contributed by atoms with E-state index in [1.165, 1.54) is 258 Å².